The normalized spacial score (nSPS) is 16.1. The third kappa shape index (κ3) is 2.61. The minimum absolute atomic E-state index is 0.234. The van der Waals surface area contributed by atoms with E-state index in [-0.39, 0.29) is 4.90 Å². The molecule has 1 saturated carbocycles. The van der Waals surface area contributed by atoms with E-state index in [0.29, 0.717) is 23.7 Å². The van der Waals surface area contributed by atoms with Gasteiger partial charge in [-0.3, -0.25) is 0 Å². The Hall–Kier alpha value is -1.07. The van der Waals surface area contributed by atoms with Crippen LogP contribution in [0.4, 0.5) is 5.69 Å². The fraction of sp³-hybridized carbons (Fsp3) is 0.500. The maximum Gasteiger partial charge on any atom is 0.242 e. The second-order valence-corrected chi connectivity index (χ2v) is 6.44. The van der Waals surface area contributed by atoms with Crippen LogP contribution in [0, 0.1) is 19.8 Å². The van der Waals surface area contributed by atoms with Crippen LogP contribution in [0.5, 0.6) is 0 Å². The molecule has 0 unspecified atom stereocenters. The zero-order chi connectivity index (χ0) is 12.6. The van der Waals surface area contributed by atoms with Gasteiger partial charge in [0.25, 0.3) is 0 Å². The van der Waals surface area contributed by atoms with Gasteiger partial charge in [0.2, 0.25) is 10.0 Å². The van der Waals surface area contributed by atoms with Crippen LogP contribution in [0.1, 0.15) is 24.0 Å². The largest absolute Gasteiger partial charge is 0.397 e. The number of benzene rings is 1. The van der Waals surface area contributed by atoms with E-state index in [2.05, 4.69) is 4.72 Å². The molecule has 0 radical (unpaired) electrons. The first kappa shape index (κ1) is 12.4. The third-order valence-electron chi connectivity index (χ3n) is 3.14. The fourth-order valence-electron chi connectivity index (χ4n) is 1.79. The van der Waals surface area contributed by atoms with Crippen molar-refractivity contribution >= 4 is 15.7 Å². The highest BCUT2D eigenvalue weighted by Gasteiger charge is 2.26. The van der Waals surface area contributed by atoms with E-state index in [1.54, 1.807) is 13.0 Å². The molecular formula is C12H18N2O2S. The molecule has 1 aliphatic rings. The van der Waals surface area contributed by atoms with Gasteiger partial charge in [-0.15, -0.1) is 0 Å². The summed E-state index contributed by atoms with van der Waals surface area (Å²) in [5.41, 5.74) is 7.71. The summed E-state index contributed by atoms with van der Waals surface area (Å²) in [4.78, 5) is 0.234. The summed E-state index contributed by atoms with van der Waals surface area (Å²) >= 11 is 0. The van der Waals surface area contributed by atoms with E-state index in [1.807, 2.05) is 13.0 Å². The minimum Gasteiger partial charge on any atom is -0.397 e. The highest BCUT2D eigenvalue weighted by molar-refractivity contribution is 7.89. The topological polar surface area (TPSA) is 72.2 Å². The fourth-order valence-corrected chi connectivity index (χ4v) is 3.33. The number of hydrogen-bond acceptors (Lipinski definition) is 3. The van der Waals surface area contributed by atoms with E-state index >= 15 is 0 Å². The van der Waals surface area contributed by atoms with Gasteiger partial charge in [-0.05, 0) is 43.7 Å². The molecule has 0 amide bonds. The van der Waals surface area contributed by atoms with Gasteiger partial charge in [0.1, 0.15) is 4.90 Å². The molecule has 0 aliphatic heterocycles. The average molecular weight is 254 g/mol. The molecule has 0 aromatic heterocycles. The standard InChI is InChI=1S/C12H18N2O2S/c1-8-3-4-9(2)12(11(8)13)17(15,16)14-7-10-5-6-10/h3-4,10,14H,5-7,13H2,1-2H3. The highest BCUT2D eigenvalue weighted by Crippen LogP contribution is 2.30. The molecule has 3 N–H and O–H groups in total. The van der Waals surface area contributed by atoms with E-state index in [4.69, 9.17) is 5.73 Å². The first-order valence-electron chi connectivity index (χ1n) is 5.77. The number of aryl methyl sites for hydroxylation is 2. The van der Waals surface area contributed by atoms with Gasteiger partial charge in [-0.2, -0.15) is 0 Å². The monoisotopic (exact) mass is 254 g/mol. The molecule has 17 heavy (non-hydrogen) atoms. The summed E-state index contributed by atoms with van der Waals surface area (Å²) in [6, 6.07) is 3.63. The Kier molecular flexibility index (Phi) is 3.14. The SMILES string of the molecule is Cc1ccc(C)c(S(=O)(=O)NCC2CC2)c1N. The Balaban J connectivity index is 2.33. The van der Waals surface area contributed by atoms with Gasteiger partial charge >= 0.3 is 0 Å². The smallest absolute Gasteiger partial charge is 0.242 e. The molecule has 1 aromatic carbocycles. The zero-order valence-corrected chi connectivity index (χ0v) is 11.0. The number of anilines is 1. The Morgan fingerprint density at radius 1 is 1.29 bits per heavy atom. The maximum absolute atomic E-state index is 12.2. The molecule has 0 spiro atoms. The van der Waals surface area contributed by atoms with Gasteiger partial charge in [0, 0.05) is 6.54 Å². The molecule has 94 valence electrons. The maximum atomic E-state index is 12.2. The van der Waals surface area contributed by atoms with Crippen LogP contribution >= 0.6 is 0 Å². The minimum atomic E-state index is -3.47. The molecule has 1 fully saturated rings. The van der Waals surface area contributed by atoms with Crippen LogP contribution in [0.25, 0.3) is 0 Å². The quantitative estimate of drug-likeness (QED) is 0.801. The molecule has 0 atom stereocenters. The highest BCUT2D eigenvalue weighted by atomic mass is 32.2. The summed E-state index contributed by atoms with van der Waals surface area (Å²) < 4.78 is 27.0. The van der Waals surface area contributed by atoms with Crippen molar-refractivity contribution in [1.29, 1.82) is 0 Å². The zero-order valence-electron chi connectivity index (χ0n) is 10.2. The summed E-state index contributed by atoms with van der Waals surface area (Å²) in [5, 5.41) is 0. The predicted molar refractivity (Wildman–Crippen MR) is 68.2 cm³/mol. The number of nitrogens with two attached hydrogens (primary N) is 1. The Labute approximate surface area is 102 Å². The molecule has 0 bridgehead atoms. The van der Waals surface area contributed by atoms with Crippen molar-refractivity contribution in [1.82, 2.24) is 4.72 Å². The van der Waals surface area contributed by atoms with Crippen molar-refractivity contribution < 1.29 is 8.42 Å². The van der Waals surface area contributed by atoms with E-state index in [0.717, 1.165) is 18.4 Å². The lowest BCUT2D eigenvalue weighted by Gasteiger charge is -2.13. The van der Waals surface area contributed by atoms with Gasteiger partial charge in [-0.25, -0.2) is 13.1 Å². The number of rotatable bonds is 4. The first-order valence-corrected chi connectivity index (χ1v) is 7.25. The molecule has 1 aliphatic carbocycles. The van der Waals surface area contributed by atoms with Crippen LogP contribution < -0.4 is 10.5 Å². The van der Waals surface area contributed by atoms with Crippen LogP contribution in [-0.2, 0) is 10.0 Å². The average Bonchev–Trinajstić information content (AvgIpc) is 3.05. The lowest BCUT2D eigenvalue weighted by atomic mass is 10.1. The second kappa shape index (κ2) is 4.31. The molecule has 2 rings (SSSR count). The summed E-state index contributed by atoms with van der Waals surface area (Å²) in [6.07, 6.45) is 2.23. The van der Waals surface area contributed by atoms with Crippen molar-refractivity contribution in [3.05, 3.63) is 23.3 Å². The third-order valence-corrected chi connectivity index (χ3v) is 4.76. The van der Waals surface area contributed by atoms with E-state index in [9.17, 15) is 8.42 Å². The predicted octanol–water partition coefficient (Wildman–Crippen LogP) is 1.57. The Bertz CT molecular complexity index is 534. The summed E-state index contributed by atoms with van der Waals surface area (Å²) in [7, 11) is -3.47. The Morgan fingerprint density at radius 3 is 2.47 bits per heavy atom. The van der Waals surface area contributed by atoms with Crippen molar-refractivity contribution in [3.8, 4) is 0 Å². The lowest BCUT2D eigenvalue weighted by Crippen LogP contribution is -2.27. The van der Waals surface area contributed by atoms with Crippen molar-refractivity contribution in [2.45, 2.75) is 31.6 Å². The van der Waals surface area contributed by atoms with Crippen LogP contribution in [0.15, 0.2) is 17.0 Å². The number of hydrogen-bond donors (Lipinski definition) is 2. The second-order valence-electron chi connectivity index (χ2n) is 4.74. The van der Waals surface area contributed by atoms with Crippen LogP contribution in [-0.4, -0.2) is 15.0 Å². The van der Waals surface area contributed by atoms with Crippen molar-refractivity contribution in [3.63, 3.8) is 0 Å². The molecule has 0 saturated heterocycles. The Morgan fingerprint density at radius 2 is 1.88 bits per heavy atom. The molecular weight excluding hydrogens is 236 g/mol. The first-order chi connectivity index (χ1) is 7.92. The molecule has 5 heteroatoms. The number of sulfonamides is 1. The van der Waals surface area contributed by atoms with Crippen molar-refractivity contribution in [2.75, 3.05) is 12.3 Å². The van der Waals surface area contributed by atoms with E-state index < -0.39 is 10.0 Å². The van der Waals surface area contributed by atoms with Gasteiger partial charge < -0.3 is 5.73 Å². The van der Waals surface area contributed by atoms with Crippen LogP contribution in [0.3, 0.4) is 0 Å². The van der Waals surface area contributed by atoms with Gasteiger partial charge in [0.15, 0.2) is 0 Å². The lowest BCUT2D eigenvalue weighted by molar-refractivity contribution is 0.577. The molecule has 4 nitrogen and oxygen atoms in total. The summed E-state index contributed by atoms with van der Waals surface area (Å²) in [5.74, 6) is 0.510. The van der Waals surface area contributed by atoms with E-state index in [1.165, 1.54) is 0 Å². The van der Waals surface area contributed by atoms with Crippen molar-refractivity contribution in [2.24, 2.45) is 5.92 Å². The molecule has 1 aromatic rings. The molecule has 0 heterocycles. The van der Waals surface area contributed by atoms with Gasteiger partial charge in [-0.1, -0.05) is 12.1 Å². The van der Waals surface area contributed by atoms with Crippen LogP contribution in [0.2, 0.25) is 0 Å². The summed E-state index contributed by atoms with van der Waals surface area (Å²) in [6.45, 7) is 4.10. The van der Waals surface area contributed by atoms with Gasteiger partial charge in [0.05, 0.1) is 5.69 Å². The number of nitrogen functional groups attached to an aromatic ring is 1. The number of nitrogens with one attached hydrogen (secondary N) is 1.